The first kappa shape index (κ1) is 16.6. The van der Waals surface area contributed by atoms with E-state index in [0.29, 0.717) is 5.76 Å². The number of amides is 1. The lowest BCUT2D eigenvalue weighted by Gasteiger charge is -2.35. The van der Waals surface area contributed by atoms with E-state index in [0.717, 1.165) is 9.87 Å². The van der Waals surface area contributed by atoms with Gasteiger partial charge in [0.2, 0.25) is 5.91 Å². The van der Waals surface area contributed by atoms with Gasteiger partial charge in [0.05, 0.1) is 12.3 Å². The van der Waals surface area contributed by atoms with Gasteiger partial charge in [-0.2, -0.15) is 17.4 Å². The normalized spacial score (nSPS) is 23.7. The molecule has 2 atom stereocenters. The van der Waals surface area contributed by atoms with Crippen molar-refractivity contribution >= 4 is 16.1 Å². The zero-order valence-corrected chi connectivity index (χ0v) is 13.9. The fraction of sp³-hybridized carbons (Fsp3) is 0.333. The van der Waals surface area contributed by atoms with E-state index in [2.05, 4.69) is 15.0 Å². The van der Waals surface area contributed by atoms with Crippen LogP contribution in [0.5, 0.6) is 0 Å². The van der Waals surface area contributed by atoms with Gasteiger partial charge in [0, 0.05) is 26.0 Å². The minimum atomic E-state index is -3.76. The van der Waals surface area contributed by atoms with Gasteiger partial charge in [-0.05, 0) is 30.2 Å². The predicted octanol–water partition coefficient (Wildman–Crippen LogP) is 0.571. The molecule has 1 saturated heterocycles. The van der Waals surface area contributed by atoms with Crippen LogP contribution in [-0.2, 0) is 21.5 Å². The van der Waals surface area contributed by atoms with E-state index < -0.39 is 22.3 Å². The molecule has 2 aromatic rings. The van der Waals surface area contributed by atoms with Gasteiger partial charge in [-0.1, -0.05) is 6.07 Å². The molecule has 8 nitrogen and oxygen atoms in total. The molecule has 0 bridgehead atoms. The number of aromatic nitrogens is 1. The highest BCUT2D eigenvalue weighted by Gasteiger charge is 2.41. The summed E-state index contributed by atoms with van der Waals surface area (Å²) < 4.78 is 33.4. The van der Waals surface area contributed by atoms with E-state index in [1.807, 2.05) is 6.07 Å². The van der Waals surface area contributed by atoms with Gasteiger partial charge >= 0.3 is 0 Å². The van der Waals surface area contributed by atoms with Crippen molar-refractivity contribution in [2.75, 3.05) is 7.05 Å². The number of hydrogen-bond acceptors (Lipinski definition) is 5. The molecule has 3 heterocycles. The highest BCUT2D eigenvalue weighted by Crippen LogP contribution is 2.28. The zero-order valence-electron chi connectivity index (χ0n) is 13.0. The van der Waals surface area contributed by atoms with E-state index in [4.69, 9.17) is 4.42 Å². The summed E-state index contributed by atoms with van der Waals surface area (Å²) in [6, 6.07) is 5.58. The average molecular weight is 350 g/mol. The number of furan rings is 1. The number of nitrogens with zero attached hydrogens (tertiary/aromatic N) is 2. The molecule has 9 heteroatoms. The van der Waals surface area contributed by atoms with Gasteiger partial charge in [-0.25, -0.2) is 0 Å². The number of pyridine rings is 1. The van der Waals surface area contributed by atoms with Crippen molar-refractivity contribution in [2.45, 2.75) is 25.0 Å². The summed E-state index contributed by atoms with van der Waals surface area (Å²) in [5.41, 5.74) is 0.841. The van der Waals surface area contributed by atoms with Gasteiger partial charge in [-0.3, -0.25) is 9.78 Å². The Morgan fingerprint density at radius 2 is 2.29 bits per heavy atom. The maximum absolute atomic E-state index is 12.5. The number of nitrogens with one attached hydrogen (secondary N) is 2. The Labute approximate surface area is 140 Å². The monoisotopic (exact) mass is 350 g/mol. The molecule has 0 saturated carbocycles. The van der Waals surface area contributed by atoms with Crippen LogP contribution >= 0.6 is 0 Å². The molecule has 0 radical (unpaired) electrons. The summed E-state index contributed by atoms with van der Waals surface area (Å²) in [4.78, 5) is 16.5. The van der Waals surface area contributed by atoms with Gasteiger partial charge in [0.15, 0.2) is 0 Å². The third kappa shape index (κ3) is 3.48. The molecule has 128 valence electrons. The minimum absolute atomic E-state index is 0.280. The molecule has 2 N–H and O–H groups in total. The highest BCUT2D eigenvalue weighted by molar-refractivity contribution is 7.87. The van der Waals surface area contributed by atoms with E-state index >= 15 is 0 Å². The van der Waals surface area contributed by atoms with Crippen molar-refractivity contribution in [3.8, 4) is 0 Å². The lowest BCUT2D eigenvalue weighted by molar-refractivity contribution is -0.125. The minimum Gasteiger partial charge on any atom is -0.468 e. The van der Waals surface area contributed by atoms with Crippen molar-refractivity contribution in [3.05, 3.63) is 54.2 Å². The average Bonchev–Trinajstić information content (AvgIpc) is 3.10. The fourth-order valence-electron chi connectivity index (χ4n) is 2.60. The summed E-state index contributed by atoms with van der Waals surface area (Å²) in [6.45, 7) is 0.288. The predicted molar refractivity (Wildman–Crippen MR) is 85.8 cm³/mol. The van der Waals surface area contributed by atoms with E-state index in [-0.39, 0.29) is 18.9 Å². The Morgan fingerprint density at radius 1 is 1.46 bits per heavy atom. The summed E-state index contributed by atoms with van der Waals surface area (Å²) >= 11 is 0. The van der Waals surface area contributed by atoms with Crippen LogP contribution < -0.4 is 10.0 Å². The van der Waals surface area contributed by atoms with Crippen LogP contribution in [0.1, 0.15) is 23.8 Å². The van der Waals surface area contributed by atoms with Crippen molar-refractivity contribution in [2.24, 2.45) is 0 Å². The number of hydrogen-bond donors (Lipinski definition) is 2. The molecular weight excluding hydrogens is 332 g/mol. The van der Waals surface area contributed by atoms with Crippen LogP contribution in [0.2, 0.25) is 0 Å². The number of rotatable bonds is 4. The second kappa shape index (κ2) is 6.71. The first-order valence-corrected chi connectivity index (χ1v) is 8.86. The summed E-state index contributed by atoms with van der Waals surface area (Å²) in [5.74, 6) is 0.125. The Balaban J connectivity index is 1.73. The molecule has 1 fully saturated rings. The van der Waals surface area contributed by atoms with Crippen LogP contribution in [0, 0.1) is 0 Å². The van der Waals surface area contributed by atoms with Crippen molar-refractivity contribution in [1.82, 2.24) is 19.3 Å². The third-order valence-electron chi connectivity index (χ3n) is 3.95. The standard InChI is InChI=1S/C15H18N4O4S/c1-19-13(15(20)17-10-11-4-2-6-16-9-11)8-12(18-24(19,21)22)14-5-3-7-23-14/h2-7,9,12-13,18H,8,10H2,1H3,(H,17,20)/t12-,13+/m0/s1. The second-order valence-electron chi connectivity index (χ2n) is 5.54. The molecule has 1 aliphatic rings. The Morgan fingerprint density at radius 3 is 2.96 bits per heavy atom. The van der Waals surface area contributed by atoms with E-state index in [1.165, 1.54) is 13.3 Å². The molecule has 24 heavy (non-hydrogen) atoms. The molecule has 0 spiro atoms. The van der Waals surface area contributed by atoms with Gasteiger partial charge in [0.1, 0.15) is 11.8 Å². The molecule has 1 amide bonds. The Kier molecular flexibility index (Phi) is 4.65. The van der Waals surface area contributed by atoms with Crippen LogP contribution in [0.3, 0.4) is 0 Å². The smallest absolute Gasteiger partial charge is 0.280 e. The number of carbonyl (C=O) groups is 1. The fourth-order valence-corrected chi connectivity index (χ4v) is 3.85. The lowest BCUT2D eigenvalue weighted by Crippen LogP contribution is -2.57. The van der Waals surface area contributed by atoms with E-state index in [1.54, 1.807) is 30.6 Å². The first-order chi connectivity index (χ1) is 11.5. The van der Waals surface area contributed by atoms with Crippen LogP contribution in [0.4, 0.5) is 0 Å². The molecule has 3 rings (SSSR count). The first-order valence-electron chi connectivity index (χ1n) is 7.42. The second-order valence-corrected chi connectivity index (χ2v) is 7.30. The van der Waals surface area contributed by atoms with Crippen LogP contribution in [-0.4, -0.2) is 36.7 Å². The zero-order chi connectivity index (χ0) is 17.2. The van der Waals surface area contributed by atoms with Gasteiger partial charge in [0.25, 0.3) is 10.2 Å². The van der Waals surface area contributed by atoms with Gasteiger partial charge in [-0.15, -0.1) is 0 Å². The summed E-state index contributed by atoms with van der Waals surface area (Å²) in [7, 11) is -2.38. The summed E-state index contributed by atoms with van der Waals surface area (Å²) in [6.07, 6.45) is 5.04. The van der Waals surface area contributed by atoms with Crippen LogP contribution in [0.15, 0.2) is 47.3 Å². The molecular formula is C15H18N4O4S. The maximum Gasteiger partial charge on any atom is 0.280 e. The Bertz CT molecular complexity index is 792. The van der Waals surface area contributed by atoms with Crippen molar-refractivity contribution < 1.29 is 17.6 Å². The highest BCUT2D eigenvalue weighted by atomic mass is 32.2. The SMILES string of the molecule is CN1[C@@H](C(=O)NCc2cccnc2)C[C@@H](c2ccco2)NS1(=O)=O. The Hall–Kier alpha value is -2.23. The van der Waals surface area contributed by atoms with Crippen molar-refractivity contribution in [1.29, 1.82) is 0 Å². The maximum atomic E-state index is 12.5. The number of likely N-dealkylation sites (N-methyl/N-ethyl adjacent to an activating group) is 1. The quantitative estimate of drug-likeness (QED) is 0.839. The largest absolute Gasteiger partial charge is 0.468 e. The van der Waals surface area contributed by atoms with Crippen molar-refractivity contribution in [3.63, 3.8) is 0 Å². The lowest BCUT2D eigenvalue weighted by atomic mass is 10.0. The number of carbonyl (C=O) groups excluding carboxylic acids is 1. The summed E-state index contributed by atoms with van der Waals surface area (Å²) in [5, 5.41) is 2.76. The molecule has 0 aliphatic carbocycles. The molecule has 2 aromatic heterocycles. The topological polar surface area (TPSA) is 105 Å². The molecule has 1 aliphatic heterocycles. The molecule has 0 aromatic carbocycles. The molecule has 0 unspecified atom stereocenters. The third-order valence-corrected chi connectivity index (χ3v) is 5.54. The van der Waals surface area contributed by atoms with E-state index in [9.17, 15) is 13.2 Å². The van der Waals surface area contributed by atoms with Crippen LogP contribution in [0.25, 0.3) is 0 Å². The van der Waals surface area contributed by atoms with Gasteiger partial charge < -0.3 is 9.73 Å².